The molecule has 2 amide bonds. The third-order valence-electron chi connectivity index (χ3n) is 4.58. The van der Waals surface area contributed by atoms with Gasteiger partial charge >= 0.3 is 0 Å². The fourth-order valence-electron chi connectivity index (χ4n) is 2.94. The number of likely N-dealkylation sites (tertiary alicyclic amines) is 1. The molecular formula is C20H28N2O3. The van der Waals surface area contributed by atoms with Crippen LogP contribution in [-0.4, -0.2) is 42.1 Å². The fourth-order valence-corrected chi connectivity index (χ4v) is 2.94. The van der Waals surface area contributed by atoms with Crippen molar-refractivity contribution in [3.05, 3.63) is 35.9 Å². The number of Topliss-reactive ketones (excluding diaryl/α,β-unsaturated/α-hetero) is 1. The second-order valence-corrected chi connectivity index (χ2v) is 7.64. The fraction of sp³-hybridized carbons (Fsp3) is 0.550. The molecule has 1 heterocycles. The molecule has 0 bridgehead atoms. The molecule has 136 valence electrons. The molecule has 0 saturated carbocycles. The molecule has 1 fully saturated rings. The Bertz CT molecular complexity index is 612. The summed E-state index contributed by atoms with van der Waals surface area (Å²) in [4.78, 5) is 38.3. The van der Waals surface area contributed by atoms with Crippen LogP contribution in [0.5, 0.6) is 0 Å². The largest absolute Gasteiger partial charge is 0.355 e. The zero-order valence-electron chi connectivity index (χ0n) is 15.4. The molecule has 25 heavy (non-hydrogen) atoms. The summed E-state index contributed by atoms with van der Waals surface area (Å²) in [6.45, 7) is 7.11. The Balaban J connectivity index is 1.75. The normalized spacial score (nSPS) is 15.7. The van der Waals surface area contributed by atoms with Crippen LogP contribution in [-0.2, 0) is 9.59 Å². The molecule has 1 aromatic rings. The van der Waals surface area contributed by atoms with Crippen molar-refractivity contribution in [2.75, 3.05) is 19.6 Å². The van der Waals surface area contributed by atoms with E-state index >= 15 is 0 Å². The van der Waals surface area contributed by atoms with Crippen molar-refractivity contribution < 1.29 is 14.4 Å². The Morgan fingerprint density at radius 1 is 1.08 bits per heavy atom. The zero-order chi connectivity index (χ0) is 18.4. The lowest BCUT2D eigenvalue weighted by Gasteiger charge is -2.31. The van der Waals surface area contributed by atoms with Gasteiger partial charge in [-0.3, -0.25) is 14.4 Å². The van der Waals surface area contributed by atoms with Crippen molar-refractivity contribution in [2.24, 2.45) is 11.3 Å². The van der Waals surface area contributed by atoms with Gasteiger partial charge in [0, 0.05) is 43.0 Å². The van der Waals surface area contributed by atoms with Crippen LogP contribution < -0.4 is 5.32 Å². The summed E-state index contributed by atoms with van der Waals surface area (Å²) in [5, 5.41) is 2.80. The number of hydrogen-bond donors (Lipinski definition) is 1. The van der Waals surface area contributed by atoms with E-state index in [9.17, 15) is 14.4 Å². The van der Waals surface area contributed by atoms with Crippen LogP contribution >= 0.6 is 0 Å². The first-order valence-corrected chi connectivity index (χ1v) is 8.94. The number of nitrogens with one attached hydrogen (secondary N) is 1. The standard InChI is InChI=1S/C20H28N2O3/c1-20(2,3)19(25)21-12-9-17(23)22-13-10-16(11-14-22)18(24)15-7-5-4-6-8-15/h4-8,16H,9-14H2,1-3H3,(H,21,25). The molecule has 2 rings (SSSR count). The van der Waals surface area contributed by atoms with Gasteiger partial charge in [-0.25, -0.2) is 0 Å². The van der Waals surface area contributed by atoms with Crippen molar-refractivity contribution in [1.29, 1.82) is 0 Å². The minimum Gasteiger partial charge on any atom is -0.355 e. The second-order valence-electron chi connectivity index (χ2n) is 7.64. The lowest BCUT2D eigenvalue weighted by molar-refractivity contribution is -0.132. The Kier molecular flexibility index (Phi) is 6.34. The molecule has 1 aliphatic heterocycles. The lowest BCUT2D eigenvalue weighted by Crippen LogP contribution is -2.42. The second kappa shape index (κ2) is 8.28. The van der Waals surface area contributed by atoms with Gasteiger partial charge in [-0.2, -0.15) is 0 Å². The van der Waals surface area contributed by atoms with Crippen molar-refractivity contribution in [3.63, 3.8) is 0 Å². The predicted octanol–water partition coefficient (Wildman–Crippen LogP) is 2.66. The molecular weight excluding hydrogens is 316 g/mol. The Morgan fingerprint density at radius 2 is 1.68 bits per heavy atom. The van der Waals surface area contributed by atoms with Crippen molar-refractivity contribution >= 4 is 17.6 Å². The number of carbonyl (C=O) groups excluding carboxylic acids is 3. The van der Waals surface area contributed by atoms with E-state index in [0.29, 0.717) is 38.9 Å². The number of amides is 2. The average Bonchev–Trinajstić information content (AvgIpc) is 2.61. The quantitative estimate of drug-likeness (QED) is 0.835. The number of rotatable bonds is 5. The number of ketones is 1. The van der Waals surface area contributed by atoms with E-state index < -0.39 is 5.41 Å². The molecule has 0 atom stereocenters. The van der Waals surface area contributed by atoms with Crippen LogP contribution in [0, 0.1) is 11.3 Å². The van der Waals surface area contributed by atoms with Gasteiger partial charge in [-0.05, 0) is 12.8 Å². The van der Waals surface area contributed by atoms with E-state index in [1.165, 1.54) is 0 Å². The maximum Gasteiger partial charge on any atom is 0.225 e. The highest BCUT2D eigenvalue weighted by Gasteiger charge is 2.28. The minimum absolute atomic E-state index is 0.00737. The van der Waals surface area contributed by atoms with E-state index in [0.717, 1.165) is 5.56 Å². The first kappa shape index (κ1) is 19.2. The minimum atomic E-state index is -0.445. The van der Waals surface area contributed by atoms with E-state index in [1.54, 1.807) is 4.90 Å². The average molecular weight is 344 g/mol. The molecule has 0 aliphatic carbocycles. The van der Waals surface area contributed by atoms with Crippen molar-refractivity contribution in [3.8, 4) is 0 Å². The van der Waals surface area contributed by atoms with Crippen LogP contribution in [0.1, 0.15) is 50.4 Å². The summed E-state index contributed by atoms with van der Waals surface area (Å²) in [7, 11) is 0. The van der Waals surface area contributed by atoms with Crippen LogP contribution in [0.4, 0.5) is 0 Å². The first-order chi connectivity index (χ1) is 11.8. The highest BCUT2D eigenvalue weighted by atomic mass is 16.2. The van der Waals surface area contributed by atoms with E-state index in [4.69, 9.17) is 0 Å². The van der Waals surface area contributed by atoms with Gasteiger partial charge in [0.25, 0.3) is 0 Å². The molecule has 1 aromatic carbocycles. The van der Waals surface area contributed by atoms with Gasteiger partial charge in [-0.1, -0.05) is 51.1 Å². The molecule has 0 aromatic heterocycles. The Labute approximate surface area is 149 Å². The third-order valence-corrected chi connectivity index (χ3v) is 4.58. The van der Waals surface area contributed by atoms with Crippen LogP contribution in [0.3, 0.4) is 0 Å². The highest BCUT2D eigenvalue weighted by molar-refractivity contribution is 5.98. The smallest absolute Gasteiger partial charge is 0.225 e. The van der Waals surface area contributed by atoms with E-state index in [1.807, 2.05) is 51.1 Å². The summed E-state index contributed by atoms with van der Waals surface area (Å²) >= 11 is 0. The van der Waals surface area contributed by atoms with Gasteiger partial charge in [0.15, 0.2) is 5.78 Å². The van der Waals surface area contributed by atoms with Gasteiger partial charge in [0.2, 0.25) is 11.8 Å². The molecule has 1 saturated heterocycles. The molecule has 0 spiro atoms. The first-order valence-electron chi connectivity index (χ1n) is 8.94. The van der Waals surface area contributed by atoms with E-state index in [-0.39, 0.29) is 23.5 Å². The molecule has 5 nitrogen and oxygen atoms in total. The summed E-state index contributed by atoms with van der Waals surface area (Å²) in [5.74, 6) is 0.157. The summed E-state index contributed by atoms with van der Waals surface area (Å²) in [6, 6.07) is 9.33. The maximum absolute atomic E-state index is 12.5. The van der Waals surface area contributed by atoms with E-state index in [2.05, 4.69) is 5.32 Å². The van der Waals surface area contributed by atoms with Crippen LogP contribution in [0.25, 0.3) is 0 Å². The molecule has 0 unspecified atom stereocenters. The van der Waals surface area contributed by atoms with Gasteiger partial charge < -0.3 is 10.2 Å². The predicted molar refractivity (Wildman–Crippen MR) is 97.2 cm³/mol. The van der Waals surface area contributed by atoms with Crippen molar-refractivity contribution in [1.82, 2.24) is 10.2 Å². The topological polar surface area (TPSA) is 66.5 Å². The summed E-state index contributed by atoms with van der Waals surface area (Å²) in [5.41, 5.74) is 0.302. The Morgan fingerprint density at radius 3 is 2.24 bits per heavy atom. The molecule has 1 N–H and O–H groups in total. The Hall–Kier alpha value is -2.17. The number of hydrogen-bond acceptors (Lipinski definition) is 3. The molecule has 0 radical (unpaired) electrons. The number of nitrogens with zero attached hydrogens (tertiary/aromatic N) is 1. The van der Waals surface area contributed by atoms with Gasteiger partial charge in [0.1, 0.15) is 0 Å². The monoisotopic (exact) mass is 344 g/mol. The summed E-state index contributed by atoms with van der Waals surface area (Å²) in [6.07, 6.45) is 1.71. The highest BCUT2D eigenvalue weighted by Crippen LogP contribution is 2.22. The molecule has 5 heteroatoms. The lowest BCUT2D eigenvalue weighted by atomic mass is 9.89. The maximum atomic E-state index is 12.5. The van der Waals surface area contributed by atoms with Crippen LogP contribution in [0.15, 0.2) is 30.3 Å². The zero-order valence-corrected chi connectivity index (χ0v) is 15.4. The van der Waals surface area contributed by atoms with Crippen molar-refractivity contribution in [2.45, 2.75) is 40.0 Å². The SMILES string of the molecule is CC(C)(C)C(=O)NCCC(=O)N1CCC(C(=O)c2ccccc2)CC1. The van der Waals surface area contributed by atoms with Crippen LogP contribution in [0.2, 0.25) is 0 Å². The number of benzene rings is 1. The van der Waals surface area contributed by atoms with Gasteiger partial charge in [0.05, 0.1) is 0 Å². The number of piperidine rings is 1. The summed E-state index contributed by atoms with van der Waals surface area (Å²) < 4.78 is 0. The third kappa shape index (κ3) is 5.41. The number of carbonyl (C=O) groups is 3. The molecule has 1 aliphatic rings. The van der Waals surface area contributed by atoms with Gasteiger partial charge in [-0.15, -0.1) is 0 Å².